The average Bonchev–Trinajstić information content (AvgIpc) is 2.58. The zero-order valence-electron chi connectivity index (χ0n) is 14.5. The van der Waals surface area contributed by atoms with Crippen molar-refractivity contribution in [2.45, 2.75) is 38.1 Å². The molecule has 0 aromatic heterocycles. The summed E-state index contributed by atoms with van der Waals surface area (Å²) in [5.74, 6) is 0.116. The van der Waals surface area contributed by atoms with Gasteiger partial charge >= 0.3 is 6.09 Å². The van der Waals surface area contributed by atoms with Crippen molar-refractivity contribution in [3.05, 3.63) is 34.9 Å². The van der Waals surface area contributed by atoms with Crippen LogP contribution in [0.25, 0.3) is 0 Å². The van der Waals surface area contributed by atoms with E-state index in [0.717, 1.165) is 31.5 Å². The van der Waals surface area contributed by atoms with Crippen molar-refractivity contribution < 1.29 is 14.7 Å². The molecule has 1 saturated heterocycles. The lowest BCUT2D eigenvalue weighted by atomic mass is 9.71. The largest absolute Gasteiger partial charge is 0.465 e. The minimum absolute atomic E-state index is 0.100. The number of hydrogen-bond donors (Lipinski definition) is 4. The summed E-state index contributed by atoms with van der Waals surface area (Å²) in [7, 11) is 0. The van der Waals surface area contributed by atoms with Crippen LogP contribution in [0.4, 0.5) is 4.79 Å². The van der Waals surface area contributed by atoms with Crippen molar-refractivity contribution in [1.82, 2.24) is 16.0 Å². The van der Waals surface area contributed by atoms with E-state index in [2.05, 4.69) is 16.0 Å². The number of hydrogen-bond acceptors (Lipinski definition) is 3. The highest BCUT2D eigenvalue weighted by Gasteiger charge is 2.41. The van der Waals surface area contributed by atoms with Gasteiger partial charge < -0.3 is 21.1 Å². The van der Waals surface area contributed by atoms with Crippen LogP contribution >= 0.6 is 11.6 Å². The van der Waals surface area contributed by atoms with Gasteiger partial charge in [0.15, 0.2) is 0 Å². The van der Waals surface area contributed by atoms with Crippen LogP contribution in [-0.2, 0) is 10.3 Å². The fourth-order valence-corrected chi connectivity index (χ4v) is 3.93. The maximum atomic E-state index is 12.0. The fraction of sp³-hybridized carbons (Fsp3) is 0.556. The zero-order chi connectivity index (χ0) is 18.3. The number of amides is 2. The summed E-state index contributed by atoms with van der Waals surface area (Å²) in [4.78, 5) is 22.7. The second kappa shape index (κ2) is 9.06. The molecule has 7 heteroatoms. The molecule has 2 amide bonds. The zero-order valence-corrected chi connectivity index (χ0v) is 15.2. The van der Waals surface area contributed by atoms with Gasteiger partial charge in [0.1, 0.15) is 0 Å². The molecule has 1 aliphatic heterocycles. The van der Waals surface area contributed by atoms with E-state index in [4.69, 9.17) is 16.7 Å². The first-order valence-electron chi connectivity index (χ1n) is 8.66. The highest BCUT2D eigenvalue weighted by molar-refractivity contribution is 6.30. The van der Waals surface area contributed by atoms with E-state index < -0.39 is 11.6 Å². The van der Waals surface area contributed by atoms with Gasteiger partial charge in [-0.1, -0.05) is 23.7 Å². The molecule has 0 spiro atoms. The standard InChI is InChI=1S/C18H26ClN3O3/c1-13(23)22-18(8-4-10-21-17(24)25,15-6-3-9-20-12-15)14-5-2-7-16(19)11-14/h2,5,7,11,15,20-21H,3-4,6,8-10,12H2,1H3,(H,22,23)(H,24,25). The normalized spacial score (nSPS) is 19.7. The topological polar surface area (TPSA) is 90.5 Å². The summed E-state index contributed by atoms with van der Waals surface area (Å²) >= 11 is 6.21. The number of carbonyl (C=O) groups excluding carboxylic acids is 1. The third-order valence-corrected chi connectivity index (χ3v) is 4.99. The van der Waals surface area contributed by atoms with Gasteiger partial charge in [0, 0.05) is 25.0 Å². The Morgan fingerprint density at radius 1 is 1.44 bits per heavy atom. The maximum Gasteiger partial charge on any atom is 0.404 e. The van der Waals surface area contributed by atoms with E-state index in [1.54, 1.807) is 0 Å². The van der Waals surface area contributed by atoms with Crippen LogP contribution in [-0.4, -0.2) is 36.7 Å². The average molecular weight is 368 g/mol. The second-order valence-electron chi connectivity index (χ2n) is 6.54. The lowest BCUT2D eigenvalue weighted by Gasteiger charge is -2.44. The van der Waals surface area contributed by atoms with Crippen LogP contribution in [0.15, 0.2) is 24.3 Å². The van der Waals surface area contributed by atoms with Crippen LogP contribution in [0.3, 0.4) is 0 Å². The Kier molecular flexibility index (Phi) is 7.08. The summed E-state index contributed by atoms with van der Waals surface area (Å²) in [5.41, 5.74) is 0.406. The molecule has 25 heavy (non-hydrogen) atoms. The Balaban J connectivity index is 2.33. The van der Waals surface area contributed by atoms with Crippen molar-refractivity contribution in [1.29, 1.82) is 0 Å². The number of rotatable bonds is 7. The van der Waals surface area contributed by atoms with E-state index in [-0.39, 0.29) is 11.8 Å². The second-order valence-corrected chi connectivity index (χ2v) is 6.98. The summed E-state index contributed by atoms with van der Waals surface area (Å²) in [6.45, 7) is 3.64. The highest BCUT2D eigenvalue weighted by atomic mass is 35.5. The maximum absolute atomic E-state index is 12.0. The Bertz CT molecular complexity index is 605. The smallest absolute Gasteiger partial charge is 0.404 e. The van der Waals surface area contributed by atoms with E-state index in [9.17, 15) is 9.59 Å². The van der Waals surface area contributed by atoms with Crippen molar-refractivity contribution in [3.63, 3.8) is 0 Å². The molecule has 1 aromatic rings. The van der Waals surface area contributed by atoms with Gasteiger partial charge in [-0.25, -0.2) is 4.79 Å². The van der Waals surface area contributed by atoms with E-state index in [1.165, 1.54) is 6.92 Å². The van der Waals surface area contributed by atoms with Crippen molar-refractivity contribution in [2.75, 3.05) is 19.6 Å². The first kappa shape index (κ1) is 19.5. The lowest BCUT2D eigenvalue weighted by Crippen LogP contribution is -2.55. The third kappa shape index (κ3) is 5.34. The number of piperidine rings is 1. The van der Waals surface area contributed by atoms with Crippen LogP contribution in [0.5, 0.6) is 0 Å². The molecule has 2 atom stereocenters. The number of benzene rings is 1. The minimum atomic E-state index is -1.03. The molecule has 2 rings (SSSR count). The predicted octanol–water partition coefficient (Wildman–Crippen LogP) is 2.72. The van der Waals surface area contributed by atoms with Crippen molar-refractivity contribution in [3.8, 4) is 0 Å². The van der Waals surface area contributed by atoms with Gasteiger partial charge in [-0.2, -0.15) is 0 Å². The Labute approximate surface area is 153 Å². The SMILES string of the molecule is CC(=O)NC(CCCNC(=O)O)(c1cccc(Cl)c1)C1CCCNC1. The Hall–Kier alpha value is -1.79. The van der Waals surface area contributed by atoms with Crippen LogP contribution in [0.1, 0.15) is 38.2 Å². The monoisotopic (exact) mass is 367 g/mol. The molecule has 6 nitrogen and oxygen atoms in total. The minimum Gasteiger partial charge on any atom is -0.465 e. The lowest BCUT2D eigenvalue weighted by molar-refractivity contribution is -0.122. The van der Waals surface area contributed by atoms with Gasteiger partial charge in [0.2, 0.25) is 5.91 Å². The Morgan fingerprint density at radius 2 is 2.24 bits per heavy atom. The molecular weight excluding hydrogens is 342 g/mol. The third-order valence-electron chi connectivity index (χ3n) is 4.76. The molecule has 0 saturated carbocycles. The van der Waals surface area contributed by atoms with Crippen LogP contribution in [0, 0.1) is 5.92 Å². The first-order chi connectivity index (χ1) is 11.9. The molecule has 1 fully saturated rings. The molecule has 1 aromatic carbocycles. The molecule has 0 bridgehead atoms. The van der Waals surface area contributed by atoms with Gasteiger partial charge in [0.05, 0.1) is 5.54 Å². The van der Waals surface area contributed by atoms with E-state index >= 15 is 0 Å². The summed E-state index contributed by atoms with van der Waals surface area (Å²) in [6, 6.07) is 7.59. The number of halogens is 1. The van der Waals surface area contributed by atoms with Gasteiger partial charge in [-0.05, 0) is 55.8 Å². The molecular formula is C18H26ClN3O3. The van der Waals surface area contributed by atoms with Crippen LogP contribution < -0.4 is 16.0 Å². The molecule has 4 N–H and O–H groups in total. The highest BCUT2D eigenvalue weighted by Crippen LogP contribution is 2.39. The quantitative estimate of drug-likeness (QED) is 0.558. The predicted molar refractivity (Wildman–Crippen MR) is 97.8 cm³/mol. The van der Waals surface area contributed by atoms with Gasteiger partial charge in [0.25, 0.3) is 0 Å². The van der Waals surface area contributed by atoms with Gasteiger partial charge in [-0.3, -0.25) is 4.79 Å². The molecule has 0 radical (unpaired) electrons. The summed E-state index contributed by atoms with van der Waals surface area (Å²) in [6.07, 6.45) is 2.26. The van der Waals surface area contributed by atoms with Crippen LogP contribution in [0.2, 0.25) is 5.02 Å². The molecule has 0 aliphatic carbocycles. The molecule has 138 valence electrons. The molecule has 1 heterocycles. The number of carbonyl (C=O) groups is 2. The van der Waals surface area contributed by atoms with Crippen molar-refractivity contribution in [2.24, 2.45) is 5.92 Å². The fourth-order valence-electron chi connectivity index (χ4n) is 3.74. The Morgan fingerprint density at radius 3 is 2.84 bits per heavy atom. The van der Waals surface area contributed by atoms with Crippen molar-refractivity contribution >= 4 is 23.6 Å². The van der Waals surface area contributed by atoms with Gasteiger partial charge in [-0.15, -0.1) is 0 Å². The number of carboxylic acid groups (broad SMARTS) is 1. The summed E-state index contributed by atoms with van der Waals surface area (Å²) < 4.78 is 0. The molecule has 1 aliphatic rings. The molecule has 2 unspecified atom stereocenters. The van der Waals surface area contributed by atoms with E-state index in [0.29, 0.717) is 24.4 Å². The number of nitrogens with one attached hydrogen (secondary N) is 3. The first-order valence-corrected chi connectivity index (χ1v) is 9.04. The van der Waals surface area contributed by atoms with E-state index in [1.807, 2.05) is 24.3 Å². The summed E-state index contributed by atoms with van der Waals surface area (Å²) in [5, 5.41) is 18.4.